The molecule has 0 fully saturated rings. The molecule has 27 heavy (non-hydrogen) atoms. The number of hydrogen-bond donors (Lipinski definition) is 2. The molecular formula is C22H24N2O3. The summed E-state index contributed by atoms with van der Waals surface area (Å²) < 4.78 is 16.4. The van der Waals surface area contributed by atoms with Gasteiger partial charge >= 0.3 is 0 Å². The number of ether oxygens (including phenoxy) is 3. The normalized spacial score (nSPS) is 10.1. The van der Waals surface area contributed by atoms with Crippen LogP contribution < -0.4 is 24.8 Å². The van der Waals surface area contributed by atoms with E-state index in [0.29, 0.717) is 0 Å². The van der Waals surface area contributed by atoms with Crippen molar-refractivity contribution in [1.29, 1.82) is 0 Å². The van der Waals surface area contributed by atoms with E-state index in [9.17, 15) is 0 Å². The average molecular weight is 364 g/mol. The van der Waals surface area contributed by atoms with Crippen molar-refractivity contribution in [2.75, 3.05) is 37.9 Å². The summed E-state index contributed by atoms with van der Waals surface area (Å²) in [5.41, 5.74) is 1.94. The van der Waals surface area contributed by atoms with Crippen LogP contribution in [0.25, 0.3) is 0 Å². The lowest BCUT2D eigenvalue weighted by molar-refractivity contribution is 0.404. The van der Waals surface area contributed by atoms with Crippen LogP contribution >= 0.6 is 0 Å². The quantitative estimate of drug-likeness (QED) is 0.522. The van der Waals surface area contributed by atoms with Gasteiger partial charge in [-0.2, -0.15) is 0 Å². The molecule has 0 aliphatic rings. The van der Waals surface area contributed by atoms with Crippen LogP contribution in [0.4, 0.5) is 11.4 Å². The first-order chi connectivity index (χ1) is 13.3. The summed E-state index contributed by atoms with van der Waals surface area (Å²) in [4.78, 5) is 0. The van der Waals surface area contributed by atoms with Gasteiger partial charge < -0.3 is 24.8 Å². The van der Waals surface area contributed by atoms with Crippen LogP contribution in [-0.2, 0) is 0 Å². The van der Waals surface area contributed by atoms with E-state index in [0.717, 1.165) is 47.5 Å². The highest BCUT2D eigenvalue weighted by Crippen LogP contribution is 2.28. The van der Waals surface area contributed by atoms with Crippen molar-refractivity contribution in [2.24, 2.45) is 0 Å². The molecule has 0 radical (unpaired) electrons. The largest absolute Gasteiger partial charge is 0.497 e. The maximum atomic E-state index is 5.80. The Bertz CT molecular complexity index is 836. The van der Waals surface area contributed by atoms with Gasteiger partial charge in [0.15, 0.2) is 0 Å². The van der Waals surface area contributed by atoms with Crippen molar-refractivity contribution in [3.63, 3.8) is 0 Å². The van der Waals surface area contributed by atoms with Gasteiger partial charge in [-0.25, -0.2) is 0 Å². The molecule has 5 heteroatoms. The zero-order chi connectivity index (χ0) is 18.9. The minimum Gasteiger partial charge on any atom is -0.497 e. The Labute approximate surface area is 159 Å². The molecule has 0 atom stereocenters. The maximum Gasteiger partial charge on any atom is 0.142 e. The molecule has 0 amide bonds. The summed E-state index contributed by atoms with van der Waals surface area (Å²) >= 11 is 0. The summed E-state index contributed by atoms with van der Waals surface area (Å²) in [5, 5.41) is 6.74. The fourth-order valence-electron chi connectivity index (χ4n) is 2.62. The van der Waals surface area contributed by atoms with Crippen molar-refractivity contribution in [2.45, 2.75) is 0 Å². The first-order valence-corrected chi connectivity index (χ1v) is 8.81. The van der Waals surface area contributed by atoms with E-state index in [1.165, 1.54) is 0 Å². The van der Waals surface area contributed by atoms with Gasteiger partial charge in [0.05, 0.1) is 19.9 Å². The molecule has 0 saturated heterocycles. The second-order valence-corrected chi connectivity index (χ2v) is 5.86. The van der Waals surface area contributed by atoms with Gasteiger partial charge in [-0.15, -0.1) is 0 Å². The predicted molar refractivity (Wildman–Crippen MR) is 109 cm³/mol. The third-order valence-corrected chi connectivity index (χ3v) is 4.01. The Morgan fingerprint density at radius 1 is 0.667 bits per heavy atom. The second-order valence-electron chi connectivity index (χ2n) is 5.86. The summed E-state index contributed by atoms with van der Waals surface area (Å²) in [7, 11) is 3.31. The number of hydrogen-bond acceptors (Lipinski definition) is 5. The second kappa shape index (κ2) is 9.38. The van der Waals surface area contributed by atoms with Gasteiger partial charge in [0.1, 0.15) is 23.0 Å². The van der Waals surface area contributed by atoms with E-state index in [1.54, 1.807) is 14.2 Å². The SMILES string of the molecule is COc1ccc(OC)c(NCCNc2ccc(Oc3ccccc3)cc2)c1. The van der Waals surface area contributed by atoms with Crippen molar-refractivity contribution in [3.8, 4) is 23.0 Å². The van der Waals surface area contributed by atoms with Crippen molar-refractivity contribution >= 4 is 11.4 Å². The fraction of sp³-hybridized carbons (Fsp3) is 0.182. The number of para-hydroxylation sites is 1. The minimum absolute atomic E-state index is 0.742. The summed E-state index contributed by atoms with van der Waals surface area (Å²) in [6.07, 6.45) is 0. The number of rotatable bonds is 9. The Balaban J connectivity index is 1.48. The Morgan fingerprint density at radius 3 is 2.04 bits per heavy atom. The predicted octanol–water partition coefficient (Wildman–Crippen LogP) is 5.02. The number of methoxy groups -OCH3 is 2. The number of anilines is 2. The van der Waals surface area contributed by atoms with Crippen molar-refractivity contribution in [3.05, 3.63) is 72.8 Å². The fourth-order valence-corrected chi connectivity index (χ4v) is 2.62. The summed E-state index contributed by atoms with van der Waals surface area (Å²) in [6, 6.07) is 23.3. The maximum absolute atomic E-state index is 5.80. The molecule has 0 spiro atoms. The molecule has 0 aromatic heterocycles. The lowest BCUT2D eigenvalue weighted by Crippen LogP contribution is -2.14. The highest BCUT2D eigenvalue weighted by atomic mass is 16.5. The Morgan fingerprint density at radius 2 is 1.33 bits per heavy atom. The Hall–Kier alpha value is -3.34. The van der Waals surface area contributed by atoms with Gasteiger partial charge in [-0.1, -0.05) is 18.2 Å². The van der Waals surface area contributed by atoms with Gasteiger partial charge in [-0.3, -0.25) is 0 Å². The van der Waals surface area contributed by atoms with E-state index in [1.807, 2.05) is 72.8 Å². The van der Waals surface area contributed by atoms with Gasteiger partial charge in [0, 0.05) is 24.8 Å². The first-order valence-electron chi connectivity index (χ1n) is 8.81. The molecule has 0 saturated carbocycles. The summed E-state index contributed by atoms with van der Waals surface area (Å²) in [6.45, 7) is 1.51. The molecule has 0 heterocycles. The molecular weight excluding hydrogens is 340 g/mol. The third-order valence-electron chi connectivity index (χ3n) is 4.01. The topological polar surface area (TPSA) is 51.8 Å². The average Bonchev–Trinajstić information content (AvgIpc) is 2.73. The lowest BCUT2D eigenvalue weighted by Gasteiger charge is -2.13. The third kappa shape index (κ3) is 5.31. The zero-order valence-electron chi connectivity index (χ0n) is 15.6. The van der Waals surface area contributed by atoms with Crippen LogP contribution in [0, 0.1) is 0 Å². The standard InChI is InChI=1S/C22H24N2O3/c1-25-20-12-13-22(26-2)21(16-20)24-15-14-23-17-8-10-19(11-9-17)27-18-6-4-3-5-7-18/h3-13,16,23-24H,14-15H2,1-2H3. The monoisotopic (exact) mass is 364 g/mol. The molecule has 3 aromatic carbocycles. The number of benzene rings is 3. The smallest absolute Gasteiger partial charge is 0.142 e. The summed E-state index contributed by atoms with van der Waals surface area (Å²) in [5.74, 6) is 3.22. The van der Waals surface area contributed by atoms with Crippen LogP contribution in [0.15, 0.2) is 72.8 Å². The molecule has 5 nitrogen and oxygen atoms in total. The van der Waals surface area contributed by atoms with Crippen LogP contribution in [0.1, 0.15) is 0 Å². The van der Waals surface area contributed by atoms with Gasteiger partial charge in [0.2, 0.25) is 0 Å². The highest BCUT2D eigenvalue weighted by Gasteiger charge is 2.04. The van der Waals surface area contributed by atoms with E-state index in [-0.39, 0.29) is 0 Å². The van der Waals surface area contributed by atoms with Crippen LogP contribution in [0.5, 0.6) is 23.0 Å². The molecule has 0 bridgehead atoms. The molecule has 0 aliphatic heterocycles. The molecule has 0 unspecified atom stereocenters. The minimum atomic E-state index is 0.742. The first kappa shape index (κ1) is 18.5. The molecule has 2 N–H and O–H groups in total. The van der Waals surface area contributed by atoms with E-state index >= 15 is 0 Å². The Kier molecular flexibility index (Phi) is 6.41. The molecule has 0 aliphatic carbocycles. The van der Waals surface area contributed by atoms with Crippen LogP contribution in [-0.4, -0.2) is 27.3 Å². The molecule has 3 rings (SSSR count). The van der Waals surface area contributed by atoms with Gasteiger partial charge in [0.25, 0.3) is 0 Å². The van der Waals surface area contributed by atoms with Gasteiger partial charge in [-0.05, 0) is 48.5 Å². The molecule has 3 aromatic rings. The highest BCUT2D eigenvalue weighted by molar-refractivity contribution is 5.60. The van der Waals surface area contributed by atoms with Crippen molar-refractivity contribution in [1.82, 2.24) is 0 Å². The molecule has 140 valence electrons. The van der Waals surface area contributed by atoms with Crippen LogP contribution in [0.3, 0.4) is 0 Å². The zero-order valence-corrected chi connectivity index (χ0v) is 15.6. The van der Waals surface area contributed by atoms with Crippen LogP contribution in [0.2, 0.25) is 0 Å². The van der Waals surface area contributed by atoms with E-state index < -0.39 is 0 Å². The van der Waals surface area contributed by atoms with Crippen molar-refractivity contribution < 1.29 is 14.2 Å². The lowest BCUT2D eigenvalue weighted by atomic mass is 10.2. The number of nitrogens with one attached hydrogen (secondary N) is 2. The van der Waals surface area contributed by atoms with E-state index in [4.69, 9.17) is 14.2 Å². The van der Waals surface area contributed by atoms with E-state index in [2.05, 4.69) is 10.6 Å².